The third-order valence-corrected chi connectivity index (χ3v) is 5.45. The van der Waals surface area contributed by atoms with Gasteiger partial charge in [0.2, 0.25) is 0 Å². The summed E-state index contributed by atoms with van der Waals surface area (Å²) < 4.78 is 7.54. The maximum absolute atomic E-state index is 5.45. The van der Waals surface area contributed by atoms with E-state index in [1.54, 1.807) is 18.4 Å². The SMILES string of the molecule is COc1ccccc1-c1cnc(Nc2cccc(-n3cnc(C)c3C)c2)s1. The molecule has 0 aliphatic rings. The molecule has 0 fully saturated rings. The molecule has 0 aliphatic heterocycles. The van der Waals surface area contributed by atoms with Gasteiger partial charge in [-0.1, -0.05) is 29.5 Å². The number of methoxy groups -OCH3 is 1. The van der Waals surface area contributed by atoms with E-state index in [2.05, 4.69) is 38.9 Å². The summed E-state index contributed by atoms with van der Waals surface area (Å²) in [4.78, 5) is 9.96. The molecule has 6 heteroatoms. The standard InChI is InChI=1S/C21H20N4OS/c1-14-15(2)25(13-23-14)17-8-6-7-16(11-17)24-21-22-12-20(27-21)18-9-4-5-10-19(18)26-3/h4-13H,1-3H3,(H,22,24). The Morgan fingerprint density at radius 1 is 1.04 bits per heavy atom. The van der Waals surface area contributed by atoms with Crippen molar-refractivity contribution in [1.29, 1.82) is 0 Å². The summed E-state index contributed by atoms with van der Waals surface area (Å²) in [6, 6.07) is 16.2. The first kappa shape index (κ1) is 17.3. The van der Waals surface area contributed by atoms with Crippen LogP contribution >= 0.6 is 11.3 Å². The van der Waals surface area contributed by atoms with Crippen LogP contribution in [0.1, 0.15) is 11.4 Å². The molecule has 4 aromatic rings. The second-order valence-corrected chi connectivity index (χ2v) is 7.22. The second kappa shape index (κ2) is 7.25. The van der Waals surface area contributed by atoms with Gasteiger partial charge in [-0.25, -0.2) is 9.97 Å². The summed E-state index contributed by atoms with van der Waals surface area (Å²) >= 11 is 1.60. The summed E-state index contributed by atoms with van der Waals surface area (Å²) in [5.74, 6) is 0.848. The number of para-hydroxylation sites is 1. The number of rotatable bonds is 5. The molecule has 0 unspecified atom stereocenters. The van der Waals surface area contributed by atoms with Crippen LogP contribution in [0.3, 0.4) is 0 Å². The van der Waals surface area contributed by atoms with Crippen molar-refractivity contribution in [1.82, 2.24) is 14.5 Å². The van der Waals surface area contributed by atoms with E-state index in [1.165, 1.54) is 0 Å². The van der Waals surface area contributed by atoms with E-state index < -0.39 is 0 Å². The van der Waals surface area contributed by atoms with Crippen LogP contribution in [0.15, 0.2) is 61.1 Å². The van der Waals surface area contributed by atoms with Gasteiger partial charge in [-0.15, -0.1) is 0 Å². The quantitative estimate of drug-likeness (QED) is 0.509. The number of nitrogens with one attached hydrogen (secondary N) is 1. The average Bonchev–Trinajstić information content (AvgIpc) is 3.29. The molecule has 0 saturated heterocycles. The lowest BCUT2D eigenvalue weighted by Gasteiger charge is -2.09. The number of imidazole rings is 1. The Bertz CT molecular complexity index is 1080. The van der Waals surface area contributed by atoms with Gasteiger partial charge in [0.1, 0.15) is 5.75 Å². The van der Waals surface area contributed by atoms with Gasteiger partial charge in [0.05, 0.1) is 24.0 Å². The van der Waals surface area contributed by atoms with Gasteiger partial charge in [0.15, 0.2) is 5.13 Å². The fraction of sp³-hybridized carbons (Fsp3) is 0.143. The molecule has 2 heterocycles. The van der Waals surface area contributed by atoms with Crippen molar-refractivity contribution >= 4 is 22.2 Å². The van der Waals surface area contributed by atoms with Crippen molar-refractivity contribution in [2.24, 2.45) is 0 Å². The number of hydrogen-bond donors (Lipinski definition) is 1. The van der Waals surface area contributed by atoms with Crippen LogP contribution in [0.2, 0.25) is 0 Å². The number of aryl methyl sites for hydroxylation is 1. The fourth-order valence-electron chi connectivity index (χ4n) is 2.92. The number of aromatic nitrogens is 3. The van der Waals surface area contributed by atoms with E-state index in [1.807, 2.05) is 55.8 Å². The van der Waals surface area contributed by atoms with Gasteiger partial charge < -0.3 is 14.6 Å². The van der Waals surface area contributed by atoms with Gasteiger partial charge in [0.25, 0.3) is 0 Å². The van der Waals surface area contributed by atoms with Crippen LogP contribution in [0.4, 0.5) is 10.8 Å². The lowest BCUT2D eigenvalue weighted by molar-refractivity contribution is 0.416. The molecular weight excluding hydrogens is 356 g/mol. The monoisotopic (exact) mass is 376 g/mol. The molecule has 0 bridgehead atoms. The van der Waals surface area contributed by atoms with Crippen molar-refractivity contribution in [3.8, 4) is 21.9 Å². The molecule has 27 heavy (non-hydrogen) atoms. The zero-order valence-corrected chi connectivity index (χ0v) is 16.2. The van der Waals surface area contributed by atoms with Crippen molar-refractivity contribution in [2.45, 2.75) is 13.8 Å². The molecule has 136 valence electrons. The second-order valence-electron chi connectivity index (χ2n) is 6.19. The molecule has 0 amide bonds. The Morgan fingerprint density at radius 2 is 1.89 bits per heavy atom. The minimum Gasteiger partial charge on any atom is -0.496 e. The van der Waals surface area contributed by atoms with E-state index >= 15 is 0 Å². The number of benzene rings is 2. The number of anilines is 2. The van der Waals surface area contributed by atoms with Crippen molar-refractivity contribution < 1.29 is 4.74 Å². The third-order valence-electron chi connectivity index (χ3n) is 4.51. The molecular formula is C21H20N4OS. The summed E-state index contributed by atoms with van der Waals surface area (Å²) in [5, 5.41) is 4.24. The number of hydrogen-bond acceptors (Lipinski definition) is 5. The fourth-order valence-corrected chi connectivity index (χ4v) is 3.79. The average molecular weight is 376 g/mol. The Morgan fingerprint density at radius 3 is 2.67 bits per heavy atom. The van der Waals surface area contributed by atoms with E-state index in [0.717, 1.165) is 44.1 Å². The molecule has 1 N–H and O–H groups in total. The number of ether oxygens (including phenoxy) is 1. The summed E-state index contributed by atoms with van der Waals surface area (Å²) in [6.07, 6.45) is 3.73. The van der Waals surface area contributed by atoms with Crippen LogP contribution in [-0.4, -0.2) is 21.6 Å². The van der Waals surface area contributed by atoms with Crippen molar-refractivity contribution in [3.05, 3.63) is 72.4 Å². The first-order valence-corrected chi connectivity index (χ1v) is 9.44. The first-order chi connectivity index (χ1) is 13.2. The summed E-state index contributed by atoms with van der Waals surface area (Å²) in [7, 11) is 1.68. The number of nitrogens with zero attached hydrogens (tertiary/aromatic N) is 3. The van der Waals surface area contributed by atoms with Crippen LogP contribution < -0.4 is 10.1 Å². The Kier molecular flexibility index (Phi) is 4.64. The third kappa shape index (κ3) is 3.44. The molecule has 0 radical (unpaired) electrons. The van der Waals surface area contributed by atoms with E-state index in [4.69, 9.17) is 4.74 Å². The van der Waals surface area contributed by atoms with Gasteiger partial charge >= 0.3 is 0 Å². The molecule has 0 aliphatic carbocycles. The van der Waals surface area contributed by atoms with Gasteiger partial charge in [-0.05, 0) is 44.2 Å². The number of thiazole rings is 1. The van der Waals surface area contributed by atoms with E-state index in [0.29, 0.717) is 0 Å². The highest BCUT2D eigenvalue weighted by Crippen LogP contribution is 2.36. The maximum atomic E-state index is 5.45. The van der Waals surface area contributed by atoms with Gasteiger partial charge in [-0.3, -0.25) is 0 Å². The molecule has 0 atom stereocenters. The van der Waals surface area contributed by atoms with Crippen molar-refractivity contribution in [2.75, 3.05) is 12.4 Å². The minimum atomic E-state index is 0.839. The van der Waals surface area contributed by atoms with Crippen LogP contribution in [0.5, 0.6) is 5.75 Å². The highest BCUT2D eigenvalue weighted by molar-refractivity contribution is 7.19. The topological polar surface area (TPSA) is 52.0 Å². The zero-order chi connectivity index (χ0) is 18.8. The van der Waals surface area contributed by atoms with Crippen LogP contribution in [-0.2, 0) is 0 Å². The van der Waals surface area contributed by atoms with Crippen molar-refractivity contribution in [3.63, 3.8) is 0 Å². The Hall–Kier alpha value is -3.12. The Labute approximate surface area is 162 Å². The Balaban J connectivity index is 1.60. The molecule has 2 aromatic carbocycles. The summed E-state index contributed by atoms with van der Waals surface area (Å²) in [5.41, 5.74) is 5.28. The molecule has 0 saturated carbocycles. The zero-order valence-electron chi connectivity index (χ0n) is 15.4. The van der Waals surface area contributed by atoms with Gasteiger partial charge in [0, 0.05) is 28.8 Å². The largest absolute Gasteiger partial charge is 0.496 e. The lowest BCUT2D eigenvalue weighted by Crippen LogP contribution is -1.97. The lowest BCUT2D eigenvalue weighted by atomic mass is 10.2. The van der Waals surface area contributed by atoms with E-state index in [-0.39, 0.29) is 0 Å². The van der Waals surface area contributed by atoms with Crippen LogP contribution in [0.25, 0.3) is 16.1 Å². The summed E-state index contributed by atoms with van der Waals surface area (Å²) in [6.45, 7) is 4.09. The molecule has 2 aromatic heterocycles. The predicted octanol–water partition coefficient (Wildman–Crippen LogP) is 5.36. The first-order valence-electron chi connectivity index (χ1n) is 8.63. The molecule has 0 spiro atoms. The molecule has 5 nitrogen and oxygen atoms in total. The van der Waals surface area contributed by atoms with Crippen LogP contribution in [0, 0.1) is 13.8 Å². The van der Waals surface area contributed by atoms with Gasteiger partial charge in [-0.2, -0.15) is 0 Å². The van der Waals surface area contributed by atoms with E-state index in [9.17, 15) is 0 Å². The predicted molar refractivity (Wildman–Crippen MR) is 110 cm³/mol. The molecule has 4 rings (SSSR count). The highest BCUT2D eigenvalue weighted by atomic mass is 32.1. The smallest absolute Gasteiger partial charge is 0.187 e. The maximum Gasteiger partial charge on any atom is 0.187 e. The normalized spacial score (nSPS) is 10.8. The minimum absolute atomic E-state index is 0.839. The highest BCUT2D eigenvalue weighted by Gasteiger charge is 2.10.